The Balaban J connectivity index is 1.95. The van der Waals surface area contributed by atoms with Crippen molar-refractivity contribution in [1.82, 2.24) is 4.98 Å². The van der Waals surface area contributed by atoms with Crippen molar-refractivity contribution >= 4 is 11.7 Å². The van der Waals surface area contributed by atoms with Crippen LogP contribution in [0.1, 0.15) is 22.8 Å². The lowest BCUT2D eigenvalue weighted by atomic mass is 10.1. The lowest BCUT2D eigenvalue weighted by molar-refractivity contribution is 0.0696. The summed E-state index contributed by atoms with van der Waals surface area (Å²) in [6.45, 7) is 3.28. The second kappa shape index (κ2) is 5.44. The third-order valence-electron chi connectivity index (χ3n) is 3.66. The van der Waals surface area contributed by atoms with Gasteiger partial charge in [-0.25, -0.2) is 4.79 Å². The first-order valence-corrected chi connectivity index (χ1v) is 6.81. The molecule has 0 saturated heterocycles. The molecule has 1 atom stereocenters. The van der Waals surface area contributed by atoms with Crippen molar-refractivity contribution in [1.29, 1.82) is 0 Å². The van der Waals surface area contributed by atoms with Crippen LogP contribution in [0, 0.1) is 0 Å². The number of pyridine rings is 1. The number of anilines is 1. The number of nitrogens with zero attached hydrogens (tertiary/aromatic N) is 2. The molecule has 5 nitrogen and oxygen atoms in total. The first-order chi connectivity index (χ1) is 10.1. The number of aromatic carboxylic acids is 1. The van der Waals surface area contributed by atoms with Gasteiger partial charge in [0.2, 0.25) is 0 Å². The highest BCUT2D eigenvalue weighted by molar-refractivity contribution is 5.88. The summed E-state index contributed by atoms with van der Waals surface area (Å²) in [5.41, 5.74) is 2.32. The number of rotatable bonds is 2. The van der Waals surface area contributed by atoms with E-state index in [1.54, 1.807) is 24.5 Å². The fourth-order valence-corrected chi connectivity index (χ4v) is 2.47. The van der Waals surface area contributed by atoms with Gasteiger partial charge in [-0.1, -0.05) is 6.07 Å². The summed E-state index contributed by atoms with van der Waals surface area (Å²) in [6, 6.07) is 9.16. The molecule has 0 spiro atoms. The zero-order valence-corrected chi connectivity index (χ0v) is 11.7. The molecule has 0 saturated carbocycles. The van der Waals surface area contributed by atoms with Gasteiger partial charge in [0.25, 0.3) is 0 Å². The minimum Gasteiger partial charge on any atom is -0.491 e. The Labute approximate surface area is 122 Å². The van der Waals surface area contributed by atoms with E-state index in [1.807, 2.05) is 18.2 Å². The first-order valence-electron chi connectivity index (χ1n) is 6.81. The molecule has 1 unspecified atom stereocenters. The third kappa shape index (κ3) is 2.67. The summed E-state index contributed by atoms with van der Waals surface area (Å²) in [7, 11) is 0. The van der Waals surface area contributed by atoms with E-state index < -0.39 is 5.97 Å². The number of hydrogen-bond acceptors (Lipinski definition) is 4. The molecule has 1 aliphatic rings. The van der Waals surface area contributed by atoms with Gasteiger partial charge in [0.1, 0.15) is 12.4 Å². The van der Waals surface area contributed by atoms with E-state index in [4.69, 9.17) is 9.84 Å². The van der Waals surface area contributed by atoms with Gasteiger partial charge >= 0.3 is 5.97 Å². The monoisotopic (exact) mass is 284 g/mol. The van der Waals surface area contributed by atoms with Crippen LogP contribution in [-0.2, 0) is 6.54 Å². The van der Waals surface area contributed by atoms with Crippen LogP contribution < -0.4 is 9.64 Å². The van der Waals surface area contributed by atoms with Crippen molar-refractivity contribution in [2.24, 2.45) is 0 Å². The third-order valence-corrected chi connectivity index (χ3v) is 3.66. The van der Waals surface area contributed by atoms with E-state index in [9.17, 15) is 4.79 Å². The normalized spacial score (nSPS) is 17.6. The zero-order valence-electron chi connectivity index (χ0n) is 11.7. The minimum atomic E-state index is -0.940. The molecule has 2 heterocycles. The highest BCUT2D eigenvalue weighted by atomic mass is 16.5. The number of hydrogen-bond donors (Lipinski definition) is 1. The van der Waals surface area contributed by atoms with Crippen molar-refractivity contribution in [3.05, 3.63) is 53.9 Å². The molecule has 5 heteroatoms. The lowest BCUT2D eigenvalue weighted by Crippen LogP contribution is -2.34. The maximum Gasteiger partial charge on any atom is 0.335 e. The van der Waals surface area contributed by atoms with E-state index in [1.165, 1.54) is 0 Å². The van der Waals surface area contributed by atoms with Crippen LogP contribution in [0.2, 0.25) is 0 Å². The standard InChI is InChI=1S/C16H16N2O3/c1-11-10-21-15-8-12(16(19)20)2-3-13(15)9-18(11)14-4-6-17-7-5-14/h2-8,11H,9-10H2,1H3,(H,19,20). The lowest BCUT2D eigenvalue weighted by Gasteiger charge is -2.28. The molecule has 0 radical (unpaired) electrons. The predicted molar refractivity (Wildman–Crippen MR) is 78.8 cm³/mol. The van der Waals surface area contributed by atoms with Crippen LogP contribution in [-0.4, -0.2) is 28.7 Å². The molecule has 108 valence electrons. The molecule has 0 bridgehead atoms. The van der Waals surface area contributed by atoms with Gasteiger partial charge in [0.15, 0.2) is 0 Å². The average Bonchev–Trinajstić information content (AvgIpc) is 2.67. The molecule has 21 heavy (non-hydrogen) atoms. The van der Waals surface area contributed by atoms with Crippen molar-refractivity contribution in [2.75, 3.05) is 11.5 Å². The van der Waals surface area contributed by atoms with Gasteiger partial charge in [0.05, 0.1) is 11.6 Å². The van der Waals surface area contributed by atoms with Crippen LogP contribution in [0.3, 0.4) is 0 Å². The molecule has 2 aromatic rings. The summed E-state index contributed by atoms with van der Waals surface area (Å²) >= 11 is 0. The SMILES string of the molecule is CC1COc2cc(C(=O)O)ccc2CN1c1ccncc1. The maximum atomic E-state index is 11.0. The Kier molecular flexibility index (Phi) is 3.48. The molecule has 0 amide bonds. The Morgan fingerprint density at radius 1 is 1.33 bits per heavy atom. The number of benzene rings is 1. The molecule has 0 aliphatic carbocycles. The number of aromatic nitrogens is 1. The molecule has 1 aromatic heterocycles. The quantitative estimate of drug-likeness (QED) is 0.918. The van der Waals surface area contributed by atoms with Crippen LogP contribution >= 0.6 is 0 Å². The predicted octanol–water partition coefficient (Wildman–Crippen LogP) is 2.57. The first kappa shape index (κ1) is 13.4. The molecule has 1 aliphatic heterocycles. The van der Waals surface area contributed by atoms with Crippen molar-refractivity contribution in [3.63, 3.8) is 0 Å². The number of carboxylic acid groups (broad SMARTS) is 1. The molecule has 1 N–H and O–H groups in total. The number of ether oxygens (including phenoxy) is 1. The second-order valence-electron chi connectivity index (χ2n) is 5.12. The molecule has 3 rings (SSSR count). The number of fused-ring (bicyclic) bond motifs is 1. The zero-order chi connectivity index (χ0) is 14.8. The van der Waals surface area contributed by atoms with Crippen LogP contribution in [0.25, 0.3) is 0 Å². The smallest absolute Gasteiger partial charge is 0.335 e. The Morgan fingerprint density at radius 3 is 2.81 bits per heavy atom. The largest absolute Gasteiger partial charge is 0.491 e. The molecule has 1 aromatic carbocycles. The highest BCUT2D eigenvalue weighted by Crippen LogP contribution is 2.29. The van der Waals surface area contributed by atoms with Gasteiger partial charge < -0.3 is 14.7 Å². The Hall–Kier alpha value is -2.56. The minimum absolute atomic E-state index is 0.188. The van der Waals surface area contributed by atoms with Crippen molar-refractivity contribution in [3.8, 4) is 5.75 Å². The topological polar surface area (TPSA) is 62.7 Å². The second-order valence-corrected chi connectivity index (χ2v) is 5.12. The van der Waals surface area contributed by atoms with E-state index in [0.717, 1.165) is 11.3 Å². The summed E-state index contributed by atoms with van der Waals surface area (Å²) in [5.74, 6) is -0.289. The van der Waals surface area contributed by atoms with Crippen molar-refractivity contribution in [2.45, 2.75) is 19.5 Å². The van der Waals surface area contributed by atoms with Gasteiger partial charge in [0, 0.05) is 30.2 Å². The van der Waals surface area contributed by atoms with Gasteiger partial charge in [-0.15, -0.1) is 0 Å². The van der Waals surface area contributed by atoms with E-state index >= 15 is 0 Å². The van der Waals surface area contributed by atoms with E-state index in [0.29, 0.717) is 18.9 Å². The maximum absolute atomic E-state index is 11.0. The number of carboxylic acids is 1. The fourth-order valence-electron chi connectivity index (χ4n) is 2.47. The Morgan fingerprint density at radius 2 is 2.10 bits per heavy atom. The fraction of sp³-hybridized carbons (Fsp3) is 0.250. The molecular formula is C16H16N2O3. The summed E-state index contributed by atoms with van der Waals surface area (Å²) in [4.78, 5) is 17.3. The number of carbonyl (C=O) groups is 1. The average molecular weight is 284 g/mol. The Bertz CT molecular complexity index is 658. The van der Waals surface area contributed by atoms with Gasteiger partial charge in [-0.3, -0.25) is 4.98 Å². The van der Waals surface area contributed by atoms with E-state index in [2.05, 4.69) is 16.8 Å². The summed E-state index contributed by atoms with van der Waals surface area (Å²) in [5, 5.41) is 9.07. The van der Waals surface area contributed by atoms with Crippen LogP contribution in [0.5, 0.6) is 5.75 Å². The summed E-state index contributed by atoms with van der Waals surface area (Å²) < 4.78 is 5.78. The van der Waals surface area contributed by atoms with Crippen LogP contribution in [0.15, 0.2) is 42.7 Å². The van der Waals surface area contributed by atoms with Crippen molar-refractivity contribution < 1.29 is 14.6 Å². The highest BCUT2D eigenvalue weighted by Gasteiger charge is 2.22. The summed E-state index contributed by atoms with van der Waals surface area (Å²) in [6.07, 6.45) is 3.53. The van der Waals surface area contributed by atoms with Gasteiger partial charge in [-0.2, -0.15) is 0 Å². The van der Waals surface area contributed by atoms with Gasteiger partial charge in [-0.05, 0) is 31.2 Å². The molecule has 0 fully saturated rings. The van der Waals surface area contributed by atoms with Crippen LogP contribution in [0.4, 0.5) is 5.69 Å². The molecular weight excluding hydrogens is 268 g/mol. The van der Waals surface area contributed by atoms with E-state index in [-0.39, 0.29) is 11.6 Å².